The van der Waals surface area contributed by atoms with Gasteiger partial charge in [0, 0.05) is 24.5 Å². The molecule has 2 aromatic heterocycles. The summed E-state index contributed by atoms with van der Waals surface area (Å²) in [5.41, 5.74) is 0.341. The van der Waals surface area contributed by atoms with Gasteiger partial charge in [0.25, 0.3) is 5.56 Å². The molecule has 0 saturated carbocycles. The van der Waals surface area contributed by atoms with Crippen LogP contribution in [0.3, 0.4) is 0 Å². The summed E-state index contributed by atoms with van der Waals surface area (Å²) in [5, 5.41) is 1.53. The zero-order valence-corrected chi connectivity index (χ0v) is 17.4. The van der Waals surface area contributed by atoms with Crippen molar-refractivity contribution in [2.24, 2.45) is 0 Å². The van der Waals surface area contributed by atoms with Gasteiger partial charge in [0.2, 0.25) is 5.95 Å². The number of hydrogen-bond donors (Lipinski definition) is 0. The van der Waals surface area contributed by atoms with Crippen LogP contribution in [-0.4, -0.2) is 63.8 Å². The van der Waals surface area contributed by atoms with E-state index in [0.717, 1.165) is 22.9 Å². The van der Waals surface area contributed by atoms with Crippen molar-refractivity contribution in [3.8, 4) is 0 Å². The molecule has 0 radical (unpaired) electrons. The third-order valence-corrected chi connectivity index (χ3v) is 6.89. The second kappa shape index (κ2) is 7.30. The molecular weight excluding hydrogens is 435 g/mol. The van der Waals surface area contributed by atoms with Crippen LogP contribution in [0.1, 0.15) is 28.9 Å². The smallest absolute Gasteiger partial charge is 0.374 e. The van der Waals surface area contributed by atoms with Gasteiger partial charge in [-0.05, 0) is 31.3 Å². The lowest BCUT2D eigenvalue weighted by molar-refractivity contribution is -0.152. The predicted molar refractivity (Wildman–Crippen MR) is 107 cm³/mol. The number of fused-ring (bicyclic) bond motifs is 3. The topological polar surface area (TPSA) is 80.6 Å². The van der Waals surface area contributed by atoms with Crippen LogP contribution in [0, 0.1) is 6.92 Å². The number of aromatic nitrogens is 3. The fraction of sp³-hybridized carbons (Fsp3) is 0.579. The van der Waals surface area contributed by atoms with Crippen LogP contribution in [0.4, 0.5) is 24.9 Å². The second-order valence-corrected chi connectivity index (χ2v) is 8.74. The average Bonchev–Trinajstić information content (AvgIpc) is 3.44. The monoisotopic (exact) mass is 455 g/mol. The highest BCUT2D eigenvalue weighted by molar-refractivity contribution is 7.04. The number of halogens is 3. The molecule has 0 amide bonds. The molecule has 0 aliphatic carbocycles. The molecule has 8 nitrogen and oxygen atoms in total. The Morgan fingerprint density at radius 1 is 1.39 bits per heavy atom. The van der Waals surface area contributed by atoms with Gasteiger partial charge in [-0.25, -0.2) is 0 Å². The minimum atomic E-state index is -4.57. The van der Waals surface area contributed by atoms with Crippen molar-refractivity contribution in [2.75, 3.05) is 29.5 Å². The zero-order valence-electron chi connectivity index (χ0n) is 16.6. The first-order chi connectivity index (χ1) is 14.7. The highest BCUT2D eigenvalue weighted by Gasteiger charge is 2.48. The fourth-order valence-corrected chi connectivity index (χ4v) is 5.32. The number of morpholine rings is 1. The largest absolute Gasteiger partial charge is 0.408 e. The number of nitrogens with zero attached hydrogens (tertiary/aromatic N) is 5. The second-order valence-electron chi connectivity index (χ2n) is 8.11. The lowest BCUT2D eigenvalue weighted by Crippen LogP contribution is -2.54. The molecule has 3 atom stereocenters. The molecule has 31 heavy (non-hydrogen) atoms. The molecule has 5 heterocycles. The number of carbonyl (C=O) groups excluding carboxylic acids is 1. The predicted octanol–water partition coefficient (Wildman–Crippen LogP) is 2.01. The summed E-state index contributed by atoms with van der Waals surface area (Å²) >= 11 is 1.08. The number of ketones is 1. The number of anilines is 2. The maximum Gasteiger partial charge on any atom is 0.408 e. The molecule has 2 bridgehead atoms. The SMILES string of the molecule is Cc1nscc1C(=O)CN1c2nc(N3CC4CC3CO4)cc(=O)n2CC[C@H]1C(F)(F)F. The summed E-state index contributed by atoms with van der Waals surface area (Å²) in [6, 6.07) is -0.481. The molecule has 0 aromatic carbocycles. The van der Waals surface area contributed by atoms with Gasteiger partial charge in [0.1, 0.15) is 11.9 Å². The number of hydrogen-bond acceptors (Lipinski definition) is 8. The number of alkyl halides is 3. The molecule has 0 spiro atoms. The molecule has 3 aliphatic rings. The fourth-order valence-electron chi connectivity index (χ4n) is 4.61. The molecule has 2 saturated heterocycles. The van der Waals surface area contributed by atoms with Gasteiger partial charge in [-0.15, -0.1) is 0 Å². The van der Waals surface area contributed by atoms with Crippen LogP contribution in [0.25, 0.3) is 0 Å². The van der Waals surface area contributed by atoms with E-state index in [9.17, 15) is 22.8 Å². The summed E-state index contributed by atoms with van der Waals surface area (Å²) in [6.45, 7) is 2.05. The lowest BCUT2D eigenvalue weighted by atomic mass is 10.1. The van der Waals surface area contributed by atoms with Gasteiger partial charge in [0.05, 0.1) is 36.6 Å². The number of aryl methyl sites for hydroxylation is 1. The normalized spacial score (nSPS) is 25.2. The molecule has 2 aromatic rings. The standard InChI is InChI=1S/C19H20F3N5O3S/c1-10-13(9-31-24-10)14(28)7-27-15(19(20,21)22)2-3-25-17(29)5-16(23-18(25)27)26-6-12-4-11(26)8-30-12/h5,9,11-12,15H,2-4,6-8H2,1H3/t11?,12?,15-/m0/s1. The van der Waals surface area contributed by atoms with Crippen molar-refractivity contribution in [1.82, 2.24) is 13.9 Å². The van der Waals surface area contributed by atoms with E-state index < -0.39 is 30.1 Å². The highest BCUT2D eigenvalue weighted by Crippen LogP contribution is 2.36. The first-order valence-corrected chi connectivity index (χ1v) is 10.8. The Morgan fingerprint density at radius 3 is 2.81 bits per heavy atom. The van der Waals surface area contributed by atoms with Gasteiger partial charge < -0.3 is 14.5 Å². The quantitative estimate of drug-likeness (QED) is 0.653. The van der Waals surface area contributed by atoms with E-state index in [1.807, 2.05) is 4.90 Å². The molecule has 12 heteroatoms. The van der Waals surface area contributed by atoms with E-state index in [0.29, 0.717) is 24.7 Å². The first-order valence-electron chi connectivity index (χ1n) is 10.00. The van der Waals surface area contributed by atoms with Crippen LogP contribution in [0.5, 0.6) is 0 Å². The van der Waals surface area contributed by atoms with Crippen LogP contribution >= 0.6 is 11.5 Å². The van der Waals surface area contributed by atoms with Gasteiger partial charge in [-0.2, -0.15) is 22.5 Å². The van der Waals surface area contributed by atoms with E-state index >= 15 is 0 Å². The van der Waals surface area contributed by atoms with Crippen LogP contribution in [0.15, 0.2) is 16.2 Å². The zero-order chi connectivity index (χ0) is 21.9. The summed E-state index contributed by atoms with van der Waals surface area (Å²) in [6.07, 6.45) is -4.05. The number of carbonyl (C=O) groups is 1. The molecule has 0 N–H and O–H groups in total. The highest BCUT2D eigenvalue weighted by atomic mass is 32.1. The Kier molecular flexibility index (Phi) is 4.81. The van der Waals surface area contributed by atoms with Gasteiger partial charge in [-0.3, -0.25) is 14.2 Å². The average molecular weight is 455 g/mol. The third-order valence-electron chi connectivity index (χ3n) is 6.17. The van der Waals surface area contributed by atoms with E-state index in [4.69, 9.17) is 4.74 Å². The van der Waals surface area contributed by atoms with Gasteiger partial charge in [0.15, 0.2) is 5.78 Å². The Labute approximate surface area is 179 Å². The Hall–Kier alpha value is -2.47. The summed E-state index contributed by atoms with van der Waals surface area (Å²) in [7, 11) is 0. The van der Waals surface area contributed by atoms with Crippen molar-refractivity contribution in [2.45, 2.75) is 50.7 Å². The van der Waals surface area contributed by atoms with Crippen molar-refractivity contribution < 1.29 is 22.7 Å². The maximum atomic E-state index is 13.9. The summed E-state index contributed by atoms with van der Waals surface area (Å²) in [4.78, 5) is 32.9. The Bertz CT molecular complexity index is 1080. The van der Waals surface area contributed by atoms with Crippen LogP contribution in [0.2, 0.25) is 0 Å². The van der Waals surface area contributed by atoms with Crippen LogP contribution < -0.4 is 15.4 Å². The Balaban J connectivity index is 1.55. The molecule has 5 rings (SSSR count). The number of Topliss-reactive ketones (excluding diaryl/α,β-unsaturated/α-hetero) is 1. The van der Waals surface area contributed by atoms with Crippen LogP contribution in [-0.2, 0) is 11.3 Å². The van der Waals surface area contributed by atoms with Crippen molar-refractivity contribution in [3.63, 3.8) is 0 Å². The minimum Gasteiger partial charge on any atom is -0.374 e. The third kappa shape index (κ3) is 3.51. The van der Waals surface area contributed by atoms with Crippen molar-refractivity contribution in [1.29, 1.82) is 0 Å². The lowest BCUT2D eigenvalue weighted by Gasteiger charge is -2.39. The minimum absolute atomic E-state index is 0.0419. The molecular formula is C19H20F3N5O3S. The maximum absolute atomic E-state index is 13.9. The van der Waals surface area contributed by atoms with Gasteiger partial charge in [-0.1, -0.05) is 0 Å². The van der Waals surface area contributed by atoms with E-state index in [1.165, 1.54) is 16.0 Å². The molecule has 3 aliphatic heterocycles. The number of rotatable bonds is 4. The van der Waals surface area contributed by atoms with E-state index in [1.54, 1.807) is 6.92 Å². The molecule has 2 unspecified atom stereocenters. The van der Waals surface area contributed by atoms with Crippen molar-refractivity contribution in [3.05, 3.63) is 33.1 Å². The van der Waals surface area contributed by atoms with E-state index in [2.05, 4.69) is 9.36 Å². The molecule has 166 valence electrons. The summed E-state index contributed by atoms with van der Waals surface area (Å²) < 4.78 is 52.5. The first kappa shape index (κ1) is 20.4. The molecule has 2 fully saturated rings. The van der Waals surface area contributed by atoms with Crippen molar-refractivity contribution >= 4 is 29.1 Å². The Morgan fingerprint density at radius 2 is 2.19 bits per heavy atom. The number of ether oxygens (including phenoxy) is 1. The van der Waals surface area contributed by atoms with Gasteiger partial charge >= 0.3 is 6.18 Å². The summed E-state index contributed by atoms with van der Waals surface area (Å²) in [5.74, 6) is -0.267. The van der Waals surface area contributed by atoms with E-state index in [-0.39, 0.29) is 36.6 Å².